The van der Waals surface area contributed by atoms with Crippen LogP contribution in [0.4, 0.5) is 0 Å². The fourth-order valence-corrected chi connectivity index (χ4v) is 2.70. The second-order valence-corrected chi connectivity index (χ2v) is 5.82. The lowest BCUT2D eigenvalue weighted by molar-refractivity contribution is 0.271. The van der Waals surface area contributed by atoms with Crippen LogP contribution in [0.3, 0.4) is 0 Å². The van der Waals surface area contributed by atoms with E-state index in [1.165, 1.54) is 0 Å². The molecule has 2 aromatic carbocycles. The summed E-state index contributed by atoms with van der Waals surface area (Å²) in [6.45, 7) is 2.83. The molecule has 0 atom stereocenters. The summed E-state index contributed by atoms with van der Waals surface area (Å²) in [6, 6.07) is 13.9. The first-order valence-electron chi connectivity index (χ1n) is 6.77. The normalized spacial score (nSPS) is 11.0. The molecule has 21 heavy (non-hydrogen) atoms. The highest BCUT2D eigenvalue weighted by Crippen LogP contribution is 2.28. The average molecular weight is 346 g/mol. The minimum Gasteiger partial charge on any atom is -0.485 e. The number of rotatable bonds is 4. The van der Waals surface area contributed by atoms with Crippen LogP contribution in [0.5, 0.6) is 5.75 Å². The average Bonchev–Trinajstić information content (AvgIpc) is 2.85. The Bertz CT molecular complexity index is 780. The molecule has 4 heteroatoms. The summed E-state index contributed by atoms with van der Waals surface area (Å²) >= 11 is 3.46. The minimum atomic E-state index is 0.374. The molecule has 2 N–H and O–H groups in total. The quantitative estimate of drug-likeness (QED) is 0.754. The maximum atomic E-state index is 5.90. The van der Waals surface area contributed by atoms with Crippen molar-refractivity contribution in [1.82, 2.24) is 0 Å². The molecule has 0 aliphatic rings. The molecule has 0 aliphatic heterocycles. The lowest BCUT2D eigenvalue weighted by Crippen LogP contribution is -2.03. The van der Waals surface area contributed by atoms with Gasteiger partial charge in [-0.1, -0.05) is 40.2 Å². The highest BCUT2D eigenvalue weighted by Gasteiger charge is 2.13. The van der Waals surface area contributed by atoms with Crippen molar-refractivity contribution in [2.24, 2.45) is 5.73 Å². The molecule has 3 aromatic rings. The van der Waals surface area contributed by atoms with Gasteiger partial charge in [-0.3, -0.25) is 0 Å². The standard InChI is InChI=1S/C17H16BrNO2/c1-11-6-7-12(18)8-16(11)20-10-17-14(9-19)13-4-2-3-5-15(13)21-17/h2-8H,9-10,19H2,1H3. The van der Waals surface area contributed by atoms with E-state index in [1.807, 2.05) is 49.4 Å². The summed E-state index contributed by atoms with van der Waals surface area (Å²) in [7, 11) is 0. The molecular formula is C17H16BrNO2. The van der Waals surface area contributed by atoms with Crippen LogP contribution >= 0.6 is 15.9 Å². The number of hydrogen-bond acceptors (Lipinski definition) is 3. The Morgan fingerprint density at radius 1 is 1.19 bits per heavy atom. The molecule has 0 aliphatic carbocycles. The Kier molecular flexibility index (Phi) is 3.99. The molecular weight excluding hydrogens is 330 g/mol. The zero-order valence-electron chi connectivity index (χ0n) is 11.7. The molecule has 0 fully saturated rings. The van der Waals surface area contributed by atoms with E-state index in [9.17, 15) is 0 Å². The fraction of sp³-hybridized carbons (Fsp3) is 0.176. The van der Waals surface area contributed by atoms with Gasteiger partial charge in [0.15, 0.2) is 0 Å². The molecule has 1 heterocycles. The van der Waals surface area contributed by atoms with Gasteiger partial charge in [0.05, 0.1) is 0 Å². The van der Waals surface area contributed by atoms with E-state index in [4.69, 9.17) is 14.9 Å². The van der Waals surface area contributed by atoms with E-state index in [1.54, 1.807) is 0 Å². The van der Waals surface area contributed by atoms with Crippen molar-refractivity contribution in [3.63, 3.8) is 0 Å². The van der Waals surface area contributed by atoms with Crippen LogP contribution in [-0.2, 0) is 13.2 Å². The van der Waals surface area contributed by atoms with E-state index in [2.05, 4.69) is 15.9 Å². The zero-order valence-corrected chi connectivity index (χ0v) is 13.3. The van der Waals surface area contributed by atoms with Crippen molar-refractivity contribution in [1.29, 1.82) is 0 Å². The predicted molar refractivity (Wildman–Crippen MR) is 87.3 cm³/mol. The van der Waals surface area contributed by atoms with Gasteiger partial charge in [0, 0.05) is 22.0 Å². The molecule has 3 rings (SSSR count). The van der Waals surface area contributed by atoms with Gasteiger partial charge in [-0.25, -0.2) is 0 Å². The summed E-state index contributed by atoms with van der Waals surface area (Å²) in [5.74, 6) is 1.63. The molecule has 0 spiro atoms. The van der Waals surface area contributed by atoms with Crippen molar-refractivity contribution in [3.8, 4) is 5.75 Å². The number of furan rings is 1. The number of benzene rings is 2. The van der Waals surface area contributed by atoms with Crippen molar-refractivity contribution in [2.45, 2.75) is 20.1 Å². The Labute approximate surface area is 131 Å². The highest BCUT2D eigenvalue weighted by molar-refractivity contribution is 9.10. The van der Waals surface area contributed by atoms with Crippen molar-refractivity contribution >= 4 is 26.9 Å². The van der Waals surface area contributed by atoms with Crippen LogP contribution in [0.2, 0.25) is 0 Å². The van der Waals surface area contributed by atoms with Crippen LogP contribution in [0.15, 0.2) is 51.4 Å². The molecule has 0 saturated heterocycles. The molecule has 3 nitrogen and oxygen atoms in total. The van der Waals surface area contributed by atoms with Crippen molar-refractivity contribution in [2.75, 3.05) is 0 Å². The van der Waals surface area contributed by atoms with Gasteiger partial charge in [-0.2, -0.15) is 0 Å². The molecule has 108 valence electrons. The number of hydrogen-bond donors (Lipinski definition) is 1. The number of fused-ring (bicyclic) bond motifs is 1. The Morgan fingerprint density at radius 2 is 2.00 bits per heavy atom. The van der Waals surface area contributed by atoms with Gasteiger partial charge in [0.2, 0.25) is 0 Å². The van der Waals surface area contributed by atoms with Crippen LogP contribution < -0.4 is 10.5 Å². The third-order valence-corrected chi connectivity index (χ3v) is 3.99. The van der Waals surface area contributed by atoms with Crippen LogP contribution in [0.1, 0.15) is 16.9 Å². The van der Waals surface area contributed by atoms with Crippen LogP contribution in [-0.4, -0.2) is 0 Å². The third-order valence-electron chi connectivity index (χ3n) is 3.50. The van der Waals surface area contributed by atoms with E-state index in [-0.39, 0.29) is 0 Å². The van der Waals surface area contributed by atoms with Crippen LogP contribution in [0.25, 0.3) is 11.0 Å². The lowest BCUT2D eigenvalue weighted by atomic mass is 10.1. The van der Waals surface area contributed by atoms with E-state index >= 15 is 0 Å². The van der Waals surface area contributed by atoms with Crippen LogP contribution in [0, 0.1) is 6.92 Å². The van der Waals surface area contributed by atoms with E-state index < -0.39 is 0 Å². The zero-order chi connectivity index (χ0) is 14.8. The van der Waals surface area contributed by atoms with Gasteiger partial charge < -0.3 is 14.9 Å². The Morgan fingerprint density at radius 3 is 2.81 bits per heavy atom. The fourth-order valence-electron chi connectivity index (χ4n) is 2.36. The number of para-hydroxylation sites is 1. The monoisotopic (exact) mass is 345 g/mol. The largest absolute Gasteiger partial charge is 0.485 e. The van der Waals surface area contributed by atoms with Gasteiger partial charge in [0.1, 0.15) is 23.7 Å². The topological polar surface area (TPSA) is 48.4 Å². The summed E-state index contributed by atoms with van der Waals surface area (Å²) in [6.07, 6.45) is 0. The maximum absolute atomic E-state index is 5.90. The minimum absolute atomic E-state index is 0.374. The van der Waals surface area contributed by atoms with E-state index in [0.717, 1.165) is 38.1 Å². The predicted octanol–water partition coefficient (Wildman–Crippen LogP) is 4.54. The first-order valence-corrected chi connectivity index (χ1v) is 7.56. The Balaban J connectivity index is 1.89. The molecule has 0 radical (unpaired) electrons. The molecule has 1 aromatic heterocycles. The number of aryl methyl sites for hydroxylation is 1. The van der Waals surface area contributed by atoms with Gasteiger partial charge in [0.25, 0.3) is 0 Å². The lowest BCUT2D eigenvalue weighted by Gasteiger charge is -2.09. The number of ether oxygens (including phenoxy) is 1. The smallest absolute Gasteiger partial charge is 0.147 e. The first kappa shape index (κ1) is 14.2. The molecule has 0 unspecified atom stereocenters. The highest BCUT2D eigenvalue weighted by atomic mass is 79.9. The summed E-state index contributed by atoms with van der Waals surface area (Å²) < 4.78 is 12.8. The molecule has 0 saturated carbocycles. The number of nitrogens with two attached hydrogens (primary N) is 1. The second-order valence-electron chi connectivity index (χ2n) is 4.90. The van der Waals surface area contributed by atoms with Crippen molar-refractivity contribution in [3.05, 3.63) is 63.8 Å². The third kappa shape index (κ3) is 2.82. The van der Waals surface area contributed by atoms with Gasteiger partial charge in [-0.05, 0) is 30.7 Å². The summed E-state index contributed by atoms with van der Waals surface area (Å²) in [4.78, 5) is 0. The number of halogens is 1. The van der Waals surface area contributed by atoms with Gasteiger partial charge >= 0.3 is 0 Å². The summed E-state index contributed by atoms with van der Waals surface area (Å²) in [5.41, 5.74) is 8.81. The second kappa shape index (κ2) is 5.92. The summed E-state index contributed by atoms with van der Waals surface area (Å²) in [5, 5.41) is 1.06. The Hall–Kier alpha value is -1.78. The first-order chi connectivity index (χ1) is 10.2. The maximum Gasteiger partial charge on any atom is 0.147 e. The molecule has 0 bridgehead atoms. The molecule has 0 amide bonds. The van der Waals surface area contributed by atoms with Crippen molar-refractivity contribution < 1.29 is 9.15 Å². The SMILES string of the molecule is Cc1ccc(Br)cc1OCc1oc2ccccc2c1CN. The van der Waals surface area contributed by atoms with Gasteiger partial charge in [-0.15, -0.1) is 0 Å². The van der Waals surface area contributed by atoms with E-state index in [0.29, 0.717) is 13.2 Å².